The van der Waals surface area contributed by atoms with Crippen LogP contribution in [0, 0.1) is 5.82 Å². The second kappa shape index (κ2) is 4.94. The fourth-order valence-corrected chi connectivity index (χ4v) is 2.59. The van der Waals surface area contributed by atoms with Gasteiger partial charge in [-0.05, 0) is 12.1 Å². The predicted molar refractivity (Wildman–Crippen MR) is 64.1 cm³/mol. The first-order valence-electron chi connectivity index (χ1n) is 4.21. The third kappa shape index (κ3) is 3.03. The predicted octanol–water partition coefficient (Wildman–Crippen LogP) is 1.59. The molecule has 0 heterocycles. The van der Waals surface area contributed by atoms with E-state index in [1.807, 2.05) is 0 Å². The van der Waals surface area contributed by atoms with Crippen LogP contribution in [0.1, 0.15) is 0 Å². The SMILES string of the molecule is C=C(Br)CNS(=O)(=O)c1c(N)cccc1F. The highest BCUT2D eigenvalue weighted by Crippen LogP contribution is 2.21. The molecule has 7 heteroatoms. The molecular formula is C9H10BrFN2O2S. The quantitative estimate of drug-likeness (QED) is 0.830. The van der Waals surface area contributed by atoms with Crippen molar-refractivity contribution in [3.63, 3.8) is 0 Å². The number of anilines is 1. The molecule has 0 aromatic heterocycles. The van der Waals surface area contributed by atoms with Gasteiger partial charge in [0.25, 0.3) is 0 Å². The van der Waals surface area contributed by atoms with Crippen molar-refractivity contribution in [2.75, 3.05) is 12.3 Å². The van der Waals surface area contributed by atoms with Gasteiger partial charge in [0.2, 0.25) is 10.0 Å². The van der Waals surface area contributed by atoms with E-state index in [0.717, 1.165) is 6.07 Å². The van der Waals surface area contributed by atoms with Gasteiger partial charge in [-0.2, -0.15) is 0 Å². The molecule has 1 rings (SSSR count). The number of hydrogen-bond donors (Lipinski definition) is 2. The molecule has 0 aliphatic carbocycles. The highest BCUT2D eigenvalue weighted by Gasteiger charge is 2.21. The first kappa shape index (κ1) is 13.1. The molecule has 16 heavy (non-hydrogen) atoms. The van der Waals surface area contributed by atoms with Crippen LogP contribution >= 0.6 is 15.9 Å². The lowest BCUT2D eigenvalue weighted by Gasteiger charge is -2.09. The van der Waals surface area contributed by atoms with Crippen LogP contribution in [0.15, 0.2) is 34.2 Å². The highest BCUT2D eigenvalue weighted by molar-refractivity contribution is 9.11. The van der Waals surface area contributed by atoms with Gasteiger partial charge in [-0.3, -0.25) is 0 Å². The maximum absolute atomic E-state index is 13.3. The summed E-state index contributed by atoms with van der Waals surface area (Å²) >= 11 is 2.99. The molecule has 0 fully saturated rings. The second-order valence-electron chi connectivity index (χ2n) is 3.00. The van der Waals surface area contributed by atoms with Gasteiger partial charge in [0.1, 0.15) is 10.7 Å². The summed E-state index contributed by atoms with van der Waals surface area (Å²) in [6, 6.07) is 3.70. The van der Waals surface area contributed by atoms with Crippen LogP contribution in [0.4, 0.5) is 10.1 Å². The Labute approximate surface area is 102 Å². The molecule has 4 nitrogen and oxygen atoms in total. The van der Waals surface area contributed by atoms with Crippen LogP contribution in [0.5, 0.6) is 0 Å². The summed E-state index contributed by atoms with van der Waals surface area (Å²) in [6.07, 6.45) is 0. The summed E-state index contributed by atoms with van der Waals surface area (Å²) in [7, 11) is -3.96. The number of nitrogens with two attached hydrogens (primary N) is 1. The van der Waals surface area contributed by atoms with Crippen LogP contribution in [0.2, 0.25) is 0 Å². The maximum Gasteiger partial charge on any atom is 0.245 e. The molecule has 0 unspecified atom stereocenters. The Morgan fingerprint density at radius 2 is 2.19 bits per heavy atom. The van der Waals surface area contributed by atoms with Gasteiger partial charge in [0.15, 0.2) is 0 Å². The molecule has 0 aliphatic rings. The average Bonchev–Trinajstić information content (AvgIpc) is 2.14. The number of nitrogen functional groups attached to an aromatic ring is 1. The highest BCUT2D eigenvalue weighted by atomic mass is 79.9. The molecule has 0 spiro atoms. The molecule has 1 aromatic carbocycles. The normalized spacial score (nSPS) is 11.4. The van der Waals surface area contributed by atoms with Crippen molar-refractivity contribution in [1.29, 1.82) is 0 Å². The molecule has 0 saturated heterocycles. The van der Waals surface area contributed by atoms with E-state index in [0.29, 0.717) is 4.48 Å². The molecule has 3 N–H and O–H groups in total. The largest absolute Gasteiger partial charge is 0.398 e. The van der Waals surface area contributed by atoms with Crippen molar-refractivity contribution in [2.45, 2.75) is 4.90 Å². The smallest absolute Gasteiger partial charge is 0.245 e. The minimum absolute atomic E-state index is 0.0316. The minimum atomic E-state index is -3.96. The van der Waals surface area contributed by atoms with Crippen LogP contribution in [-0.4, -0.2) is 15.0 Å². The molecule has 0 radical (unpaired) electrons. The fraction of sp³-hybridized carbons (Fsp3) is 0.111. The maximum atomic E-state index is 13.3. The minimum Gasteiger partial charge on any atom is -0.398 e. The number of sulfonamides is 1. The summed E-state index contributed by atoms with van der Waals surface area (Å²) in [6.45, 7) is 3.43. The monoisotopic (exact) mass is 308 g/mol. The fourth-order valence-electron chi connectivity index (χ4n) is 1.05. The summed E-state index contributed by atoms with van der Waals surface area (Å²) in [5, 5.41) is 0. The van der Waals surface area contributed by atoms with E-state index < -0.39 is 20.7 Å². The van der Waals surface area contributed by atoms with Crippen LogP contribution in [0.25, 0.3) is 0 Å². The zero-order valence-corrected chi connectivity index (χ0v) is 10.6. The molecule has 88 valence electrons. The third-order valence-electron chi connectivity index (χ3n) is 1.72. The first-order valence-corrected chi connectivity index (χ1v) is 6.49. The number of nitrogens with one attached hydrogen (secondary N) is 1. The first-order chi connectivity index (χ1) is 7.34. The molecule has 1 aromatic rings. The van der Waals surface area contributed by atoms with Gasteiger partial charge >= 0.3 is 0 Å². The Morgan fingerprint density at radius 1 is 1.56 bits per heavy atom. The van der Waals surface area contributed by atoms with Crippen molar-refractivity contribution < 1.29 is 12.8 Å². The van der Waals surface area contributed by atoms with Gasteiger partial charge in [-0.15, -0.1) is 0 Å². The van der Waals surface area contributed by atoms with E-state index in [1.54, 1.807) is 0 Å². The van der Waals surface area contributed by atoms with E-state index >= 15 is 0 Å². The lowest BCUT2D eigenvalue weighted by Crippen LogP contribution is -2.26. The summed E-state index contributed by atoms with van der Waals surface area (Å²) in [4.78, 5) is -0.538. The van der Waals surface area contributed by atoms with Crippen LogP contribution in [0.3, 0.4) is 0 Å². The van der Waals surface area contributed by atoms with Crippen LogP contribution in [-0.2, 0) is 10.0 Å². The zero-order valence-electron chi connectivity index (χ0n) is 8.20. The van der Waals surface area contributed by atoms with Gasteiger partial charge in [0.05, 0.1) is 5.69 Å². The van der Waals surface area contributed by atoms with E-state index in [1.165, 1.54) is 12.1 Å². The van der Waals surface area contributed by atoms with Gasteiger partial charge in [-0.1, -0.05) is 28.6 Å². The van der Waals surface area contributed by atoms with Gasteiger partial charge in [-0.25, -0.2) is 17.5 Å². The van der Waals surface area contributed by atoms with Crippen molar-refractivity contribution >= 4 is 31.6 Å². The van der Waals surface area contributed by atoms with Crippen molar-refractivity contribution in [3.8, 4) is 0 Å². The number of benzene rings is 1. The second-order valence-corrected chi connectivity index (χ2v) is 5.83. The van der Waals surface area contributed by atoms with Crippen molar-refractivity contribution in [3.05, 3.63) is 35.1 Å². The summed E-state index contributed by atoms with van der Waals surface area (Å²) in [5.74, 6) is -0.882. The molecule has 0 amide bonds. The number of rotatable bonds is 4. The van der Waals surface area contributed by atoms with E-state index in [9.17, 15) is 12.8 Å². The Balaban J connectivity index is 3.12. The standard InChI is InChI=1S/C9H10BrFN2O2S/c1-6(10)5-13-16(14,15)9-7(11)3-2-4-8(9)12/h2-4,13H,1,5,12H2. The van der Waals surface area contributed by atoms with E-state index in [-0.39, 0.29) is 12.2 Å². The lowest BCUT2D eigenvalue weighted by molar-refractivity contribution is 0.561. The van der Waals surface area contributed by atoms with E-state index in [2.05, 4.69) is 27.2 Å². The summed E-state index contributed by atoms with van der Waals surface area (Å²) < 4.78 is 39.3. The third-order valence-corrected chi connectivity index (χ3v) is 3.49. The zero-order chi connectivity index (χ0) is 12.3. The molecule has 0 bridgehead atoms. The van der Waals surface area contributed by atoms with Gasteiger partial charge in [0, 0.05) is 11.0 Å². The Hall–Kier alpha value is -0.920. The van der Waals surface area contributed by atoms with Gasteiger partial charge < -0.3 is 5.73 Å². The average molecular weight is 309 g/mol. The van der Waals surface area contributed by atoms with E-state index in [4.69, 9.17) is 5.73 Å². The van der Waals surface area contributed by atoms with Crippen LogP contribution < -0.4 is 10.5 Å². The Morgan fingerprint density at radius 3 is 2.69 bits per heavy atom. The molecule has 0 aliphatic heterocycles. The topological polar surface area (TPSA) is 72.2 Å². The lowest BCUT2D eigenvalue weighted by atomic mass is 10.3. The molecule has 0 atom stereocenters. The number of hydrogen-bond acceptors (Lipinski definition) is 3. The number of halogens is 2. The molecule has 0 saturated carbocycles. The molecular weight excluding hydrogens is 299 g/mol. The van der Waals surface area contributed by atoms with Crippen molar-refractivity contribution in [2.24, 2.45) is 0 Å². The Kier molecular flexibility index (Phi) is 4.06. The summed E-state index contributed by atoms with van der Waals surface area (Å²) in [5.41, 5.74) is 5.29. The Bertz CT molecular complexity index is 496. The van der Waals surface area contributed by atoms with Crippen molar-refractivity contribution in [1.82, 2.24) is 4.72 Å².